The number of carbonyl (C=O) groups is 7. The number of nitrogens with one attached hydrogen (secondary N) is 4. The van der Waals surface area contributed by atoms with Crippen molar-refractivity contribution in [1.82, 2.24) is 21.3 Å². The summed E-state index contributed by atoms with van der Waals surface area (Å²) in [5.41, 5.74) is 0. The summed E-state index contributed by atoms with van der Waals surface area (Å²) in [6, 6.07) is -2.89. The van der Waals surface area contributed by atoms with E-state index in [0.717, 1.165) is 154 Å². The first-order valence-electron chi connectivity index (χ1n) is 43.9. The summed E-state index contributed by atoms with van der Waals surface area (Å²) < 4.78 is 70.2. The van der Waals surface area contributed by atoms with Crippen molar-refractivity contribution in [2.45, 2.75) is 438 Å². The zero-order valence-electron chi connectivity index (χ0n) is 69.2. The Morgan fingerprint density at radius 3 is 0.806 bits per heavy atom. The highest BCUT2D eigenvalue weighted by atomic mass is 31.2. The van der Waals surface area contributed by atoms with Crippen LogP contribution in [0.2, 0.25) is 0 Å². The number of phosphoric acid groups is 2. The standard InChI is InChI=1S/C83H160N4O19P2/c1-7-13-19-25-29-33-35-39-41-47-53-59-77(88)86-73(69-99-81(92)67-75(57-51-45-23-17-11-5)105-79(90)61-55-49-43-37-31-27-21-15-9-3)71-103-107(95,96)101-65-63-84-83(94)85-64-66-102-108(97,98)104-72-74(87-78(89)60-54-48-42-40-36-34-30-26-20-14-8-2)70-100-82(93)68-76(58-52-46-24-18-12-6)106-80(91)62-56-50-44-38-32-28-22-16-10-4/h73-76H,7-72H2,1-6H3,(H,86,88)(H,87,89)(H,95,96)(H,97,98)(H2,84,85,94). The van der Waals surface area contributed by atoms with Crippen LogP contribution in [0.5, 0.6) is 0 Å². The summed E-state index contributed by atoms with van der Waals surface area (Å²) in [7, 11) is -9.64. The zero-order chi connectivity index (χ0) is 79.5. The molecule has 0 radical (unpaired) electrons. The molecule has 0 aromatic rings. The van der Waals surface area contributed by atoms with E-state index in [-0.39, 0.29) is 75.4 Å². The highest BCUT2D eigenvalue weighted by Gasteiger charge is 2.29. The number of hydrogen-bond donors (Lipinski definition) is 6. The second kappa shape index (κ2) is 76.0. The van der Waals surface area contributed by atoms with Crippen LogP contribution in [-0.4, -0.2) is 129 Å². The Labute approximate surface area is 656 Å². The van der Waals surface area contributed by atoms with E-state index in [1.807, 2.05) is 0 Å². The fourth-order valence-electron chi connectivity index (χ4n) is 12.8. The first-order valence-corrected chi connectivity index (χ1v) is 46.8. The summed E-state index contributed by atoms with van der Waals surface area (Å²) in [4.78, 5) is 114. The Morgan fingerprint density at radius 2 is 0.537 bits per heavy atom. The number of amides is 4. The van der Waals surface area contributed by atoms with Crippen LogP contribution in [0.4, 0.5) is 4.79 Å². The minimum atomic E-state index is -4.82. The summed E-state index contributed by atoms with van der Waals surface area (Å²) in [5.74, 6) is -2.74. The number of esters is 4. The number of ether oxygens (including phenoxy) is 4. The Kier molecular flexibility index (Phi) is 73.4. The number of hydrogen-bond acceptors (Lipinski definition) is 17. The molecule has 6 atom stereocenters. The van der Waals surface area contributed by atoms with Crippen molar-refractivity contribution < 1.29 is 89.5 Å². The molecule has 636 valence electrons. The van der Waals surface area contributed by atoms with Crippen molar-refractivity contribution in [3.05, 3.63) is 0 Å². The third-order valence-corrected chi connectivity index (χ3v) is 21.4. The lowest BCUT2D eigenvalue weighted by Crippen LogP contribution is -2.42. The molecule has 108 heavy (non-hydrogen) atoms. The van der Waals surface area contributed by atoms with Gasteiger partial charge in [0.25, 0.3) is 0 Å². The van der Waals surface area contributed by atoms with Crippen LogP contribution in [0.3, 0.4) is 0 Å². The monoisotopic (exact) mass is 1580 g/mol. The Bertz CT molecular complexity index is 2120. The molecule has 4 amide bonds. The smallest absolute Gasteiger partial charge is 0.463 e. The fourth-order valence-corrected chi connectivity index (χ4v) is 14.3. The van der Waals surface area contributed by atoms with Crippen molar-refractivity contribution in [1.29, 1.82) is 0 Å². The molecule has 25 heteroatoms. The minimum absolute atomic E-state index is 0.181. The Morgan fingerprint density at radius 1 is 0.296 bits per heavy atom. The Hall–Kier alpha value is -3.69. The molecule has 0 aliphatic carbocycles. The molecule has 0 spiro atoms. The number of unbranched alkanes of at least 4 members (excludes halogenated alkanes) is 44. The molecular weight excluding hydrogens is 1420 g/mol. The third-order valence-electron chi connectivity index (χ3n) is 19.4. The van der Waals surface area contributed by atoms with E-state index < -0.39 is 97.5 Å². The second-order valence-electron chi connectivity index (χ2n) is 30.0. The van der Waals surface area contributed by atoms with Crippen LogP contribution in [0.1, 0.15) is 414 Å². The molecule has 0 aliphatic heterocycles. The van der Waals surface area contributed by atoms with Gasteiger partial charge in [0.1, 0.15) is 25.4 Å². The number of carbonyl (C=O) groups excluding carboxylic acids is 7. The van der Waals surface area contributed by atoms with Gasteiger partial charge in [-0.1, -0.05) is 324 Å². The molecule has 0 aromatic carbocycles. The molecular formula is C83H160N4O19P2. The molecule has 0 bridgehead atoms. The van der Waals surface area contributed by atoms with E-state index in [1.54, 1.807) is 0 Å². The van der Waals surface area contributed by atoms with Crippen molar-refractivity contribution in [2.24, 2.45) is 0 Å². The molecule has 0 rings (SSSR count). The van der Waals surface area contributed by atoms with E-state index in [9.17, 15) is 52.5 Å². The van der Waals surface area contributed by atoms with Gasteiger partial charge in [-0.15, -0.1) is 0 Å². The maximum atomic E-state index is 13.4. The maximum absolute atomic E-state index is 13.4. The second-order valence-corrected chi connectivity index (χ2v) is 32.9. The average molecular weight is 1580 g/mol. The van der Waals surface area contributed by atoms with E-state index >= 15 is 0 Å². The van der Waals surface area contributed by atoms with Crippen molar-refractivity contribution in [3.8, 4) is 0 Å². The van der Waals surface area contributed by atoms with Crippen molar-refractivity contribution in [2.75, 3.05) is 52.7 Å². The van der Waals surface area contributed by atoms with E-state index in [4.69, 9.17) is 37.0 Å². The molecule has 0 saturated heterocycles. The predicted octanol–water partition coefficient (Wildman–Crippen LogP) is 21.2. The lowest BCUT2D eigenvalue weighted by molar-refractivity contribution is -0.158. The number of rotatable bonds is 82. The molecule has 6 unspecified atom stereocenters. The van der Waals surface area contributed by atoms with E-state index in [2.05, 4.69) is 62.8 Å². The summed E-state index contributed by atoms with van der Waals surface area (Å²) in [6.07, 6.45) is 54.1. The third kappa shape index (κ3) is 72.5. The SMILES string of the molecule is CCCCCCCCCCCCCC(=O)NC(COC(=O)CC(CCCCCCC)OC(=O)CCCCCCCCCCC)COP(=O)(O)OCCNC(=O)NCCOP(=O)(O)OCC(COC(=O)CC(CCCCCCC)OC(=O)CCCCCCCCCCC)NC(=O)CCCCCCCCCCCCC. The van der Waals surface area contributed by atoms with Gasteiger partial charge in [-0.25, -0.2) is 13.9 Å². The fraction of sp³-hybridized carbons (Fsp3) is 0.916. The van der Waals surface area contributed by atoms with Gasteiger partial charge in [-0.05, 0) is 51.4 Å². The molecule has 0 aromatic heterocycles. The lowest BCUT2D eigenvalue weighted by atomic mass is 10.1. The predicted molar refractivity (Wildman–Crippen MR) is 432 cm³/mol. The molecule has 0 saturated carbocycles. The van der Waals surface area contributed by atoms with Gasteiger partial charge in [0.2, 0.25) is 11.8 Å². The zero-order valence-corrected chi connectivity index (χ0v) is 71.0. The number of phosphoric ester groups is 2. The van der Waals surface area contributed by atoms with Crippen LogP contribution in [-0.2, 0) is 74.9 Å². The highest BCUT2D eigenvalue weighted by molar-refractivity contribution is 7.47. The summed E-state index contributed by atoms with van der Waals surface area (Å²) >= 11 is 0. The van der Waals surface area contributed by atoms with Crippen molar-refractivity contribution in [3.63, 3.8) is 0 Å². The molecule has 6 N–H and O–H groups in total. The largest absolute Gasteiger partial charge is 0.472 e. The summed E-state index contributed by atoms with van der Waals surface area (Å²) in [5, 5.41) is 10.4. The van der Waals surface area contributed by atoms with Gasteiger partial charge >= 0.3 is 45.6 Å². The average Bonchev–Trinajstić information content (AvgIpc) is 0.913. The molecule has 0 heterocycles. The molecule has 23 nitrogen and oxygen atoms in total. The van der Waals surface area contributed by atoms with Gasteiger partial charge in [0.05, 0.1) is 51.4 Å². The Balaban J connectivity index is 5.70. The van der Waals surface area contributed by atoms with Gasteiger partial charge in [-0.2, -0.15) is 0 Å². The van der Waals surface area contributed by atoms with Crippen LogP contribution in [0.15, 0.2) is 0 Å². The first kappa shape index (κ1) is 104. The van der Waals surface area contributed by atoms with Gasteiger partial charge in [0.15, 0.2) is 0 Å². The quantitative estimate of drug-likeness (QED) is 0.0143. The molecule has 0 aliphatic rings. The van der Waals surface area contributed by atoms with E-state index in [0.29, 0.717) is 38.5 Å². The van der Waals surface area contributed by atoms with Crippen LogP contribution in [0, 0.1) is 0 Å². The van der Waals surface area contributed by atoms with Crippen LogP contribution < -0.4 is 21.3 Å². The van der Waals surface area contributed by atoms with E-state index in [1.165, 1.54) is 141 Å². The lowest BCUT2D eigenvalue weighted by Gasteiger charge is -2.22. The topological polar surface area (TPSA) is 316 Å². The van der Waals surface area contributed by atoms with Gasteiger partial charge in [-0.3, -0.25) is 46.9 Å². The van der Waals surface area contributed by atoms with Crippen LogP contribution >= 0.6 is 15.6 Å². The first-order chi connectivity index (χ1) is 52.3. The maximum Gasteiger partial charge on any atom is 0.472 e. The van der Waals surface area contributed by atoms with Crippen molar-refractivity contribution >= 4 is 57.4 Å². The summed E-state index contributed by atoms with van der Waals surface area (Å²) in [6.45, 7) is 9.54. The normalized spacial score (nSPS) is 13.7. The molecule has 0 fully saturated rings. The van der Waals surface area contributed by atoms with Gasteiger partial charge in [0, 0.05) is 38.8 Å². The minimum Gasteiger partial charge on any atom is -0.463 e. The highest BCUT2D eigenvalue weighted by Crippen LogP contribution is 2.44. The van der Waals surface area contributed by atoms with Crippen LogP contribution in [0.25, 0.3) is 0 Å². The number of urea groups is 1. The van der Waals surface area contributed by atoms with Gasteiger partial charge < -0.3 is 50.0 Å².